The maximum absolute atomic E-state index is 11.6. The number of hydrogen-bond donors (Lipinski definition) is 2. The molecule has 0 radical (unpaired) electrons. The Kier molecular flexibility index (Phi) is 11.0. The Bertz CT molecular complexity index is 496. The third kappa shape index (κ3) is 7.31. The van der Waals surface area contributed by atoms with Crippen molar-refractivity contribution in [3.63, 3.8) is 0 Å². The molecule has 0 bridgehead atoms. The first-order chi connectivity index (χ1) is 10.1. The summed E-state index contributed by atoms with van der Waals surface area (Å²) in [5, 5.41) is 6.57. The average Bonchev–Trinajstić information content (AvgIpc) is 2.48. The monoisotopic (exact) mass is 438 g/mol. The molecule has 1 amide bonds. The van der Waals surface area contributed by atoms with E-state index in [1.54, 1.807) is 7.05 Å². The third-order valence-corrected chi connectivity index (χ3v) is 3.29. The van der Waals surface area contributed by atoms with Gasteiger partial charge in [-0.1, -0.05) is 36.7 Å². The van der Waals surface area contributed by atoms with Crippen molar-refractivity contribution in [2.24, 2.45) is 4.99 Å². The number of benzene rings is 1. The van der Waals surface area contributed by atoms with Crippen molar-refractivity contribution in [3.05, 3.63) is 34.9 Å². The summed E-state index contributed by atoms with van der Waals surface area (Å²) in [7, 11) is 3.60. The quantitative estimate of drug-likeness (QED) is 0.408. The van der Waals surface area contributed by atoms with Crippen LogP contribution in [0.1, 0.15) is 18.9 Å². The Balaban J connectivity index is 0.00000441. The predicted octanol–water partition coefficient (Wildman–Crippen LogP) is 2.49. The normalized spacial score (nSPS) is 10.6. The molecule has 0 aromatic heterocycles. The summed E-state index contributed by atoms with van der Waals surface area (Å²) in [6.07, 6.45) is 0.923. The number of nitrogens with one attached hydrogen (secondary N) is 2. The molecule has 0 atom stereocenters. The van der Waals surface area contributed by atoms with Crippen molar-refractivity contribution >= 4 is 47.4 Å². The van der Waals surface area contributed by atoms with Crippen LogP contribution in [0, 0.1) is 0 Å². The largest absolute Gasteiger partial charge is 0.355 e. The molecule has 0 saturated heterocycles. The topological polar surface area (TPSA) is 56.7 Å². The smallest absolute Gasteiger partial charge is 0.239 e. The molecular weight excluding hydrogens is 415 g/mol. The van der Waals surface area contributed by atoms with E-state index in [4.69, 9.17) is 11.6 Å². The lowest BCUT2D eigenvalue weighted by atomic mass is 10.2. The van der Waals surface area contributed by atoms with Gasteiger partial charge in [0.2, 0.25) is 5.91 Å². The van der Waals surface area contributed by atoms with Gasteiger partial charge in [0.15, 0.2) is 5.96 Å². The van der Waals surface area contributed by atoms with E-state index in [0.29, 0.717) is 19.0 Å². The van der Waals surface area contributed by atoms with Gasteiger partial charge >= 0.3 is 0 Å². The minimum absolute atomic E-state index is 0. The summed E-state index contributed by atoms with van der Waals surface area (Å²) >= 11 is 6.15. The van der Waals surface area contributed by atoms with Gasteiger partial charge in [0, 0.05) is 32.2 Å². The van der Waals surface area contributed by atoms with Gasteiger partial charge in [-0.25, -0.2) is 0 Å². The molecule has 0 unspecified atom stereocenters. The number of amides is 1. The Morgan fingerprint density at radius 3 is 2.59 bits per heavy atom. The zero-order valence-corrected chi connectivity index (χ0v) is 16.3. The molecule has 0 fully saturated rings. The molecule has 0 saturated carbocycles. The lowest BCUT2D eigenvalue weighted by Gasteiger charge is -2.22. The molecule has 1 aromatic carbocycles. The van der Waals surface area contributed by atoms with Gasteiger partial charge in [0.1, 0.15) is 0 Å². The van der Waals surface area contributed by atoms with E-state index in [2.05, 4.69) is 15.6 Å². The number of aliphatic imine (C=N–C) groups is 1. The fourth-order valence-electron chi connectivity index (χ4n) is 1.83. The number of carbonyl (C=O) groups excluding carboxylic acids is 1. The van der Waals surface area contributed by atoms with Crippen LogP contribution in [0.4, 0.5) is 0 Å². The van der Waals surface area contributed by atoms with Crippen LogP contribution in [0.15, 0.2) is 29.3 Å². The lowest BCUT2D eigenvalue weighted by Crippen LogP contribution is -2.43. The van der Waals surface area contributed by atoms with Gasteiger partial charge in [0.05, 0.1) is 6.54 Å². The van der Waals surface area contributed by atoms with Crippen LogP contribution in [0.2, 0.25) is 5.02 Å². The summed E-state index contributed by atoms with van der Waals surface area (Å²) in [5.74, 6) is 0.616. The van der Waals surface area contributed by atoms with Crippen molar-refractivity contribution in [1.82, 2.24) is 15.5 Å². The van der Waals surface area contributed by atoms with Crippen LogP contribution < -0.4 is 10.6 Å². The highest BCUT2D eigenvalue weighted by molar-refractivity contribution is 14.0. The van der Waals surface area contributed by atoms with Crippen LogP contribution in [-0.2, 0) is 11.3 Å². The van der Waals surface area contributed by atoms with Crippen molar-refractivity contribution < 1.29 is 4.79 Å². The van der Waals surface area contributed by atoms with Gasteiger partial charge < -0.3 is 15.5 Å². The molecular formula is C15H24ClIN4O. The summed E-state index contributed by atoms with van der Waals surface area (Å²) in [4.78, 5) is 17.7. The molecule has 1 aromatic rings. The molecule has 1 rings (SSSR count). The summed E-state index contributed by atoms with van der Waals surface area (Å²) < 4.78 is 0. The maximum atomic E-state index is 11.6. The predicted molar refractivity (Wildman–Crippen MR) is 103 cm³/mol. The van der Waals surface area contributed by atoms with Gasteiger partial charge in [-0.15, -0.1) is 24.0 Å². The highest BCUT2D eigenvalue weighted by atomic mass is 127. The van der Waals surface area contributed by atoms with E-state index < -0.39 is 0 Å². The van der Waals surface area contributed by atoms with E-state index in [-0.39, 0.29) is 36.4 Å². The highest BCUT2D eigenvalue weighted by Crippen LogP contribution is 2.16. The fourth-order valence-corrected chi connectivity index (χ4v) is 2.02. The molecule has 7 heteroatoms. The minimum Gasteiger partial charge on any atom is -0.355 e. The second-order valence-corrected chi connectivity index (χ2v) is 5.11. The van der Waals surface area contributed by atoms with Crippen LogP contribution in [0.5, 0.6) is 0 Å². The Morgan fingerprint density at radius 2 is 2.00 bits per heavy atom. The molecule has 5 nitrogen and oxygen atoms in total. The van der Waals surface area contributed by atoms with E-state index in [1.807, 2.05) is 43.1 Å². The standard InChI is InChI=1S/C15H23ClN4O.HI/c1-4-9-18-14(21)10-19-15(17-2)20(3)11-12-7-5-6-8-13(12)16;/h5-8H,4,9-11H2,1-3H3,(H,17,19)(H,18,21);1H. The highest BCUT2D eigenvalue weighted by Gasteiger charge is 2.09. The zero-order chi connectivity index (χ0) is 15.7. The summed E-state index contributed by atoms with van der Waals surface area (Å²) in [6, 6.07) is 7.68. The average molecular weight is 439 g/mol. The summed E-state index contributed by atoms with van der Waals surface area (Å²) in [6.45, 7) is 3.54. The number of halogens is 2. The van der Waals surface area contributed by atoms with Crippen LogP contribution in [0.3, 0.4) is 0 Å². The first-order valence-corrected chi connectivity index (χ1v) is 7.38. The number of hydrogen-bond acceptors (Lipinski definition) is 2. The molecule has 22 heavy (non-hydrogen) atoms. The number of guanidine groups is 1. The molecule has 2 N–H and O–H groups in total. The maximum Gasteiger partial charge on any atom is 0.239 e. The lowest BCUT2D eigenvalue weighted by molar-refractivity contribution is -0.120. The summed E-state index contributed by atoms with van der Waals surface area (Å²) in [5.41, 5.74) is 1.01. The van der Waals surface area contributed by atoms with E-state index >= 15 is 0 Å². The minimum atomic E-state index is -0.0378. The SMILES string of the molecule is CCCNC(=O)CNC(=NC)N(C)Cc1ccccc1Cl.I. The molecule has 0 spiro atoms. The first-order valence-electron chi connectivity index (χ1n) is 7.00. The van der Waals surface area contributed by atoms with Crippen LogP contribution >= 0.6 is 35.6 Å². The van der Waals surface area contributed by atoms with E-state index in [0.717, 1.165) is 17.0 Å². The van der Waals surface area contributed by atoms with Crippen molar-refractivity contribution in [3.8, 4) is 0 Å². The fraction of sp³-hybridized carbons (Fsp3) is 0.467. The van der Waals surface area contributed by atoms with Gasteiger partial charge in [-0.2, -0.15) is 0 Å². The number of nitrogens with zero attached hydrogens (tertiary/aromatic N) is 2. The third-order valence-electron chi connectivity index (χ3n) is 2.92. The molecule has 0 aliphatic heterocycles. The van der Waals surface area contributed by atoms with E-state index in [1.165, 1.54) is 0 Å². The second-order valence-electron chi connectivity index (χ2n) is 4.70. The van der Waals surface area contributed by atoms with Crippen molar-refractivity contribution in [2.75, 3.05) is 27.2 Å². The van der Waals surface area contributed by atoms with Crippen LogP contribution in [-0.4, -0.2) is 44.0 Å². The molecule has 0 aliphatic carbocycles. The first kappa shape index (κ1) is 21.0. The molecule has 0 aliphatic rings. The van der Waals surface area contributed by atoms with E-state index in [9.17, 15) is 4.79 Å². The Hall–Kier alpha value is -1.02. The van der Waals surface area contributed by atoms with Gasteiger partial charge in [0.25, 0.3) is 0 Å². The van der Waals surface area contributed by atoms with Gasteiger partial charge in [-0.05, 0) is 18.1 Å². The molecule has 124 valence electrons. The Morgan fingerprint density at radius 1 is 1.32 bits per heavy atom. The second kappa shape index (κ2) is 11.5. The zero-order valence-electron chi connectivity index (χ0n) is 13.2. The van der Waals surface area contributed by atoms with Crippen molar-refractivity contribution in [1.29, 1.82) is 0 Å². The van der Waals surface area contributed by atoms with Crippen molar-refractivity contribution in [2.45, 2.75) is 19.9 Å². The Labute approximate surface area is 154 Å². The number of rotatable bonds is 6. The van der Waals surface area contributed by atoms with Gasteiger partial charge in [-0.3, -0.25) is 9.79 Å². The number of carbonyl (C=O) groups is 1. The van der Waals surface area contributed by atoms with Crippen LogP contribution in [0.25, 0.3) is 0 Å². The molecule has 0 heterocycles.